The lowest BCUT2D eigenvalue weighted by atomic mass is 9.79. The highest BCUT2D eigenvalue weighted by Crippen LogP contribution is 2.42. The van der Waals surface area contributed by atoms with Gasteiger partial charge in [0.05, 0.1) is 6.10 Å². The number of hydrogen-bond acceptors (Lipinski definition) is 5. The average molecular weight is 411 g/mol. The average Bonchev–Trinajstić information content (AvgIpc) is 3.18. The SMILES string of the molecule is O[C@H]1CC[C@H](N2CC[C@]3(CCCN(c4ccc(-c5ccc(F)nc5)cn4)C3)C2)CC1. The lowest BCUT2D eigenvalue weighted by molar-refractivity contribution is 0.0770. The summed E-state index contributed by atoms with van der Waals surface area (Å²) in [5.74, 6) is 0.573. The number of likely N-dealkylation sites (tertiary alicyclic amines) is 1. The Bertz CT molecular complexity index is 851. The van der Waals surface area contributed by atoms with Crippen molar-refractivity contribution in [2.24, 2.45) is 5.41 Å². The number of aromatic nitrogens is 2. The summed E-state index contributed by atoms with van der Waals surface area (Å²) < 4.78 is 13.1. The van der Waals surface area contributed by atoms with Gasteiger partial charge in [0.1, 0.15) is 5.82 Å². The zero-order valence-corrected chi connectivity index (χ0v) is 17.5. The normalized spacial score (nSPS) is 30.1. The highest BCUT2D eigenvalue weighted by molar-refractivity contribution is 5.62. The van der Waals surface area contributed by atoms with Crippen molar-refractivity contribution >= 4 is 5.82 Å². The molecular weight excluding hydrogens is 379 g/mol. The number of halogens is 1. The number of aliphatic hydroxyl groups is 1. The van der Waals surface area contributed by atoms with Gasteiger partial charge < -0.3 is 10.0 Å². The zero-order valence-electron chi connectivity index (χ0n) is 17.5. The van der Waals surface area contributed by atoms with Gasteiger partial charge in [-0.2, -0.15) is 4.39 Å². The van der Waals surface area contributed by atoms with Crippen molar-refractivity contribution in [3.05, 3.63) is 42.6 Å². The maximum absolute atomic E-state index is 13.1. The number of aliphatic hydroxyl groups excluding tert-OH is 1. The van der Waals surface area contributed by atoms with Crippen LogP contribution in [-0.4, -0.2) is 58.3 Å². The van der Waals surface area contributed by atoms with Crippen LogP contribution in [0.15, 0.2) is 36.7 Å². The Morgan fingerprint density at radius 3 is 2.37 bits per heavy atom. The second kappa shape index (κ2) is 8.23. The zero-order chi connectivity index (χ0) is 20.6. The highest BCUT2D eigenvalue weighted by atomic mass is 19.1. The van der Waals surface area contributed by atoms with Gasteiger partial charge in [0, 0.05) is 54.6 Å². The molecule has 6 heteroatoms. The number of anilines is 1. The van der Waals surface area contributed by atoms with Crippen LogP contribution in [0.5, 0.6) is 0 Å². The highest BCUT2D eigenvalue weighted by Gasteiger charge is 2.43. The first-order valence-electron chi connectivity index (χ1n) is 11.4. The predicted molar refractivity (Wildman–Crippen MR) is 116 cm³/mol. The molecule has 1 atom stereocenters. The summed E-state index contributed by atoms with van der Waals surface area (Å²) >= 11 is 0. The number of piperidine rings is 1. The van der Waals surface area contributed by atoms with Gasteiger partial charge in [-0.3, -0.25) is 4.90 Å². The second-order valence-corrected chi connectivity index (χ2v) is 9.48. The second-order valence-electron chi connectivity index (χ2n) is 9.48. The molecule has 2 saturated heterocycles. The minimum atomic E-state index is -0.461. The summed E-state index contributed by atoms with van der Waals surface area (Å²) in [6, 6.07) is 7.94. The molecule has 1 spiro atoms. The molecule has 30 heavy (non-hydrogen) atoms. The molecule has 0 aromatic carbocycles. The van der Waals surface area contributed by atoms with Crippen molar-refractivity contribution in [3.63, 3.8) is 0 Å². The molecule has 4 heterocycles. The minimum Gasteiger partial charge on any atom is -0.393 e. The van der Waals surface area contributed by atoms with Crippen molar-refractivity contribution in [1.29, 1.82) is 0 Å². The summed E-state index contributed by atoms with van der Waals surface area (Å²) in [7, 11) is 0. The third kappa shape index (κ3) is 4.08. The maximum Gasteiger partial charge on any atom is 0.212 e. The van der Waals surface area contributed by atoms with Gasteiger partial charge in [-0.25, -0.2) is 9.97 Å². The predicted octanol–water partition coefficient (Wildman–Crippen LogP) is 3.88. The van der Waals surface area contributed by atoms with E-state index in [9.17, 15) is 9.50 Å². The van der Waals surface area contributed by atoms with Crippen LogP contribution in [0, 0.1) is 11.4 Å². The first-order valence-corrected chi connectivity index (χ1v) is 11.4. The Morgan fingerprint density at radius 2 is 1.67 bits per heavy atom. The van der Waals surface area contributed by atoms with E-state index in [-0.39, 0.29) is 6.10 Å². The van der Waals surface area contributed by atoms with Crippen molar-refractivity contribution in [2.75, 3.05) is 31.1 Å². The van der Waals surface area contributed by atoms with E-state index in [2.05, 4.69) is 26.9 Å². The molecule has 160 valence electrons. The van der Waals surface area contributed by atoms with Gasteiger partial charge in [0.15, 0.2) is 0 Å². The quantitative estimate of drug-likeness (QED) is 0.779. The molecule has 2 aromatic heterocycles. The monoisotopic (exact) mass is 410 g/mol. The Kier molecular flexibility index (Phi) is 5.46. The third-order valence-electron chi connectivity index (χ3n) is 7.44. The number of rotatable bonds is 3. The maximum atomic E-state index is 13.1. The molecule has 3 aliphatic rings. The largest absolute Gasteiger partial charge is 0.393 e. The van der Waals surface area contributed by atoms with E-state index in [1.807, 2.05) is 6.20 Å². The fourth-order valence-corrected chi connectivity index (χ4v) is 5.73. The van der Waals surface area contributed by atoms with Crippen LogP contribution in [-0.2, 0) is 0 Å². The van der Waals surface area contributed by atoms with E-state index in [0.717, 1.165) is 55.7 Å². The lowest BCUT2D eigenvalue weighted by Gasteiger charge is -2.42. The Morgan fingerprint density at radius 1 is 0.900 bits per heavy atom. The van der Waals surface area contributed by atoms with Gasteiger partial charge in [0.25, 0.3) is 0 Å². The van der Waals surface area contributed by atoms with Crippen LogP contribution in [0.2, 0.25) is 0 Å². The molecule has 5 nitrogen and oxygen atoms in total. The van der Waals surface area contributed by atoms with E-state index in [1.54, 1.807) is 12.3 Å². The van der Waals surface area contributed by atoms with E-state index in [0.29, 0.717) is 11.5 Å². The molecule has 2 aromatic rings. The topological polar surface area (TPSA) is 52.5 Å². The summed E-state index contributed by atoms with van der Waals surface area (Å²) in [4.78, 5) is 13.6. The van der Waals surface area contributed by atoms with E-state index < -0.39 is 5.95 Å². The first-order chi connectivity index (χ1) is 14.6. The van der Waals surface area contributed by atoms with E-state index in [1.165, 1.54) is 38.4 Å². The standard InChI is InChI=1S/C24H31FN4O/c25-22-8-2-18(14-26-22)19-3-9-23(27-15-19)29-12-1-10-24(17-29)11-13-28(16-24)20-4-6-21(30)7-5-20/h2-3,8-9,14-15,20-21,30H,1,4-7,10-13,16-17H2/t20-,21-,24-/m1/s1. The smallest absolute Gasteiger partial charge is 0.212 e. The van der Waals surface area contributed by atoms with Crippen molar-refractivity contribution in [1.82, 2.24) is 14.9 Å². The van der Waals surface area contributed by atoms with Crippen molar-refractivity contribution in [2.45, 2.75) is 57.1 Å². The van der Waals surface area contributed by atoms with Gasteiger partial charge in [-0.05, 0) is 75.8 Å². The Labute approximate surface area is 177 Å². The van der Waals surface area contributed by atoms with E-state index in [4.69, 9.17) is 4.98 Å². The van der Waals surface area contributed by atoms with Crippen LogP contribution in [0.4, 0.5) is 10.2 Å². The van der Waals surface area contributed by atoms with Gasteiger partial charge >= 0.3 is 0 Å². The molecule has 3 fully saturated rings. The Balaban J connectivity index is 1.25. The van der Waals surface area contributed by atoms with Gasteiger partial charge in [0.2, 0.25) is 5.95 Å². The fraction of sp³-hybridized carbons (Fsp3) is 0.583. The Hall–Kier alpha value is -2.05. The van der Waals surface area contributed by atoms with Crippen LogP contribution in [0.3, 0.4) is 0 Å². The first kappa shape index (κ1) is 19.9. The number of hydrogen-bond donors (Lipinski definition) is 1. The molecule has 0 radical (unpaired) electrons. The van der Waals surface area contributed by atoms with Gasteiger partial charge in [-0.1, -0.05) is 0 Å². The fourth-order valence-electron chi connectivity index (χ4n) is 5.73. The molecule has 1 N–H and O–H groups in total. The van der Waals surface area contributed by atoms with Crippen molar-refractivity contribution in [3.8, 4) is 11.1 Å². The molecule has 0 amide bonds. The summed E-state index contributed by atoms with van der Waals surface area (Å²) in [5.41, 5.74) is 2.22. The number of pyridine rings is 2. The summed E-state index contributed by atoms with van der Waals surface area (Å²) in [6.45, 7) is 4.51. The third-order valence-corrected chi connectivity index (χ3v) is 7.44. The lowest BCUT2D eigenvalue weighted by Crippen LogP contribution is -2.46. The molecule has 2 aliphatic heterocycles. The van der Waals surface area contributed by atoms with Crippen molar-refractivity contribution < 1.29 is 9.50 Å². The minimum absolute atomic E-state index is 0.0808. The number of nitrogens with zero attached hydrogens (tertiary/aromatic N) is 4. The van der Waals surface area contributed by atoms with Crippen LogP contribution in [0.1, 0.15) is 44.9 Å². The van der Waals surface area contributed by atoms with Crippen LogP contribution in [0.25, 0.3) is 11.1 Å². The van der Waals surface area contributed by atoms with Crippen LogP contribution >= 0.6 is 0 Å². The molecule has 0 unspecified atom stereocenters. The molecule has 5 rings (SSSR count). The van der Waals surface area contributed by atoms with Gasteiger partial charge in [-0.15, -0.1) is 0 Å². The summed E-state index contributed by atoms with van der Waals surface area (Å²) in [5, 5.41) is 9.82. The molecule has 1 aliphatic carbocycles. The van der Waals surface area contributed by atoms with E-state index >= 15 is 0 Å². The molecule has 0 bridgehead atoms. The molecule has 1 saturated carbocycles. The van der Waals surface area contributed by atoms with Crippen LogP contribution < -0.4 is 4.90 Å². The summed E-state index contributed by atoms with van der Waals surface area (Å²) in [6.07, 6.45) is 11.3. The molecular formula is C24H31FN4O.